The average Bonchev–Trinajstić information content (AvgIpc) is 3.04. The second-order valence-electron chi connectivity index (χ2n) is 6.03. The summed E-state index contributed by atoms with van der Waals surface area (Å²) in [6.07, 6.45) is 2.54. The van der Waals surface area contributed by atoms with Gasteiger partial charge in [0.1, 0.15) is 0 Å². The maximum absolute atomic E-state index is 12.3. The summed E-state index contributed by atoms with van der Waals surface area (Å²) in [6.45, 7) is 3.26. The third kappa shape index (κ3) is 3.99. The van der Waals surface area contributed by atoms with E-state index in [1.165, 1.54) is 18.7 Å². The number of rotatable bonds is 5. The summed E-state index contributed by atoms with van der Waals surface area (Å²) in [5, 5.41) is 2.86. The van der Waals surface area contributed by atoms with Crippen LogP contribution in [-0.2, 0) is 17.6 Å². The first-order valence-corrected chi connectivity index (χ1v) is 9.02. The van der Waals surface area contributed by atoms with Gasteiger partial charge in [-0.2, -0.15) is 0 Å². The van der Waals surface area contributed by atoms with Crippen molar-refractivity contribution in [3.8, 4) is 0 Å². The molecule has 0 saturated heterocycles. The molecule has 0 fully saturated rings. The van der Waals surface area contributed by atoms with Crippen LogP contribution < -0.4 is 10.9 Å². The zero-order chi connectivity index (χ0) is 18.0. The summed E-state index contributed by atoms with van der Waals surface area (Å²) in [6, 6.07) is 6.74. The smallest absolute Gasteiger partial charge is 0.254 e. The molecular weight excluding hydrogens is 338 g/mol. The number of aryl methyl sites for hydroxylation is 1. The van der Waals surface area contributed by atoms with Crippen LogP contribution in [0.4, 0.5) is 5.69 Å². The topological polar surface area (TPSA) is 91.9 Å². The molecule has 7 heteroatoms. The summed E-state index contributed by atoms with van der Waals surface area (Å²) in [5.41, 5.74) is 2.74. The SMILES string of the molecule is CC(=O)c1ccc(NC(=O)C(C)Sc2nc3c(c(=O)[nH]2)CCC3)cc1. The molecular formula is C18H19N3O3S. The second-order valence-corrected chi connectivity index (χ2v) is 7.36. The Labute approximate surface area is 149 Å². The normalized spacial score (nSPS) is 14.0. The zero-order valence-corrected chi connectivity index (χ0v) is 14.9. The Morgan fingerprint density at radius 2 is 1.96 bits per heavy atom. The Balaban J connectivity index is 1.66. The number of benzene rings is 1. The molecule has 0 spiro atoms. The van der Waals surface area contributed by atoms with E-state index in [2.05, 4.69) is 15.3 Å². The molecule has 2 aromatic rings. The van der Waals surface area contributed by atoms with Crippen LogP contribution in [0.1, 0.15) is 41.9 Å². The summed E-state index contributed by atoms with van der Waals surface area (Å²) >= 11 is 1.23. The summed E-state index contributed by atoms with van der Waals surface area (Å²) < 4.78 is 0. The highest BCUT2D eigenvalue weighted by Crippen LogP contribution is 2.23. The highest BCUT2D eigenvalue weighted by Gasteiger charge is 2.20. The van der Waals surface area contributed by atoms with Gasteiger partial charge in [0.2, 0.25) is 5.91 Å². The number of nitrogens with one attached hydrogen (secondary N) is 2. The van der Waals surface area contributed by atoms with E-state index in [1.54, 1.807) is 31.2 Å². The largest absolute Gasteiger partial charge is 0.325 e. The number of fused-ring (bicyclic) bond motifs is 1. The predicted octanol–water partition coefficient (Wildman–Crippen LogP) is 2.58. The number of amides is 1. The summed E-state index contributed by atoms with van der Waals surface area (Å²) in [5.74, 6) is -0.211. The molecule has 2 N–H and O–H groups in total. The molecule has 0 aliphatic heterocycles. The standard InChI is InChI=1S/C18H19N3O3S/c1-10(22)12-6-8-13(9-7-12)19-16(23)11(2)25-18-20-15-5-3-4-14(15)17(24)21-18/h6-9,11H,3-5H2,1-2H3,(H,19,23)(H,20,21,24). The van der Waals surface area contributed by atoms with Crippen LogP contribution in [0.2, 0.25) is 0 Å². The van der Waals surface area contributed by atoms with Crippen molar-refractivity contribution in [2.75, 3.05) is 5.32 Å². The minimum atomic E-state index is -0.421. The van der Waals surface area contributed by atoms with Gasteiger partial charge in [-0.3, -0.25) is 14.4 Å². The predicted molar refractivity (Wildman–Crippen MR) is 97.3 cm³/mol. The van der Waals surface area contributed by atoms with Crippen molar-refractivity contribution in [2.24, 2.45) is 0 Å². The maximum Gasteiger partial charge on any atom is 0.254 e. The monoisotopic (exact) mass is 357 g/mol. The Morgan fingerprint density at radius 3 is 2.64 bits per heavy atom. The van der Waals surface area contributed by atoms with Crippen molar-refractivity contribution in [1.82, 2.24) is 9.97 Å². The first-order valence-electron chi connectivity index (χ1n) is 8.14. The minimum absolute atomic E-state index is 0.0200. The Kier molecular flexibility index (Phi) is 5.03. The summed E-state index contributed by atoms with van der Waals surface area (Å²) in [7, 11) is 0. The lowest BCUT2D eigenvalue weighted by Gasteiger charge is -2.12. The molecule has 1 aromatic heterocycles. The number of anilines is 1. The molecule has 0 bridgehead atoms. The van der Waals surface area contributed by atoms with E-state index in [0.717, 1.165) is 30.5 Å². The lowest BCUT2D eigenvalue weighted by molar-refractivity contribution is -0.115. The van der Waals surface area contributed by atoms with E-state index < -0.39 is 5.25 Å². The van der Waals surface area contributed by atoms with E-state index in [9.17, 15) is 14.4 Å². The zero-order valence-electron chi connectivity index (χ0n) is 14.1. The van der Waals surface area contributed by atoms with Crippen molar-refractivity contribution < 1.29 is 9.59 Å². The first-order chi connectivity index (χ1) is 11.9. The fourth-order valence-electron chi connectivity index (χ4n) is 2.73. The van der Waals surface area contributed by atoms with Crippen LogP contribution in [0.3, 0.4) is 0 Å². The number of carbonyl (C=O) groups excluding carboxylic acids is 2. The molecule has 1 amide bonds. The van der Waals surface area contributed by atoms with Crippen molar-refractivity contribution >= 4 is 29.1 Å². The number of H-pyrrole nitrogens is 1. The Hall–Kier alpha value is -2.41. The summed E-state index contributed by atoms with van der Waals surface area (Å²) in [4.78, 5) is 42.9. The number of ketones is 1. The highest BCUT2D eigenvalue weighted by molar-refractivity contribution is 8.00. The number of aromatic amines is 1. The molecule has 6 nitrogen and oxygen atoms in total. The van der Waals surface area contributed by atoms with Gasteiger partial charge in [-0.15, -0.1) is 0 Å². The van der Waals surface area contributed by atoms with Gasteiger partial charge in [0, 0.05) is 16.8 Å². The molecule has 1 atom stereocenters. The van der Waals surface area contributed by atoms with E-state index in [0.29, 0.717) is 16.4 Å². The number of nitrogens with zero attached hydrogens (tertiary/aromatic N) is 1. The van der Waals surface area contributed by atoms with Gasteiger partial charge < -0.3 is 10.3 Å². The van der Waals surface area contributed by atoms with Crippen LogP contribution in [0.15, 0.2) is 34.2 Å². The van der Waals surface area contributed by atoms with E-state index in [1.807, 2.05) is 0 Å². The van der Waals surface area contributed by atoms with Crippen LogP contribution in [0.25, 0.3) is 0 Å². The van der Waals surface area contributed by atoms with Crippen molar-refractivity contribution in [2.45, 2.75) is 43.5 Å². The van der Waals surface area contributed by atoms with Gasteiger partial charge in [-0.05, 0) is 57.4 Å². The van der Waals surface area contributed by atoms with Crippen LogP contribution in [-0.4, -0.2) is 26.9 Å². The van der Waals surface area contributed by atoms with E-state index >= 15 is 0 Å². The fraction of sp³-hybridized carbons (Fsp3) is 0.333. The molecule has 25 heavy (non-hydrogen) atoms. The van der Waals surface area contributed by atoms with Gasteiger partial charge in [-0.1, -0.05) is 11.8 Å². The average molecular weight is 357 g/mol. The Morgan fingerprint density at radius 1 is 1.24 bits per heavy atom. The van der Waals surface area contributed by atoms with Crippen molar-refractivity contribution in [3.63, 3.8) is 0 Å². The molecule has 1 aromatic carbocycles. The second kappa shape index (κ2) is 7.23. The molecule has 1 aliphatic rings. The molecule has 3 rings (SSSR count). The van der Waals surface area contributed by atoms with Gasteiger partial charge in [0.05, 0.1) is 10.9 Å². The molecule has 130 valence electrons. The number of thioether (sulfide) groups is 1. The maximum atomic E-state index is 12.3. The number of aromatic nitrogens is 2. The van der Waals surface area contributed by atoms with Gasteiger partial charge in [-0.25, -0.2) is 4.98 Å². The van der Waals surface area contributed by atoms with E-state index in [-0.39, 0.29) is 17.2 Å². The minimum Gasteiger partial charge on any atom is -0.325 e. The Bertz CT molecular complexity index is 874. The molecule has 1 unspecified atom stereocenters. The van der Waals surface area contributed by atoms with Gasteiger partial charge in [0.15, 0.2) is 10.9 Å². The number of carbonyl (C=O) groups is 2. The number of Topliss-reactive ketones (excluding diaryl/α,β-unsaturated/α-hetero) is 1. The van der Waals surface area contributed by atoms with Crippen LogP contribution in [0, 0.1) is 0 Å². The fourth-order valence-corrected chi connectivity index (χ4v) is 3.54. The highest BCUT2D eigenvalue weighted by atomic mass is 32.2. The van der Waals surface area contributed by atoms with E-state index in [4.69, 9.17) is 0 Å². The number of hydrogen-bond donors (Lipinski definition) is 2. The quantitative estimate of drug-likeness (QED) is 0.487. The van der Waals surface area contributed by atoms with Crippen molar-refractivity contribution in [1.29, 1.82) is 0 Å². The molecule has 1 heterocycles. The van der Waals surface area contributed by atoms with Crippen LogP contribution in [0.5, 0.6) is 0 Å². The molecule has 0 radical (unpaired) electrons. The van der Waals surface area contributed by atoms with Gasteiger partial charge >= 0.3 is 0 Å². The number of hydrogen-bond acceptors (Lipinski definition) is 5. The lowest BCUT2D eigenvalue weighted by atomic mass is 10.1. The lowest BCUT2D eigenvalue weighted by Crippen LogP contribution is -2.23. The first kappa shape index (κ1) is 17.4. The third-order valence-electron chi connectivity index (χ3n) is 4.14. The van der Waals surface area contributed by atoms with Gasteiger partial charge in [0.25, 0.3) is 5.56 Å². The van der Waals surface area contributed by atoms with Crippen LogP contribution >= 0.6 is 11.8 Å². The molecule has 0 saturated carbocycles. The van der Waals surface area contributed by atoms with Crippen molar-refractivity contribution in [3.05, 3.63) is 51.4 Å². The molecule has 1 aliphatic carbocycles. The third-order valence-corrected chi connectivity index (χ3v) is 5.12.